The van der Waals surface area contributed by atoms with Crippen molar-refractivity contribution >= 4 is 0 Å². The van der Waals surface area contributed by atoms with E-state index in [9.17, 15) is 0 Å². The normalized spacial score (nSPS) is 9.43. The van der Waals surface area contributed by atoms with Crippen molar-refractivity contribution in [1.29, 1.82) is 5.26 Å². The van der Waals surface area contributed by atoms with Crippen LogP contribution in [0.4, 0.5) is 0 Å². The number of ether oxygens (including phenoxy) is 2. The topological polar surface area (TPSA) is 55.1 Å². The van der Waals surface area contributed by atoms with E-state index in [0.29, 0.717) is 24.7 Å². The molecule has 0 aliphatic heterocycles. The van der Waals surface area contributed by atoms with Crippen molar-refractivity contribution in [3.05, 3.63) is 23.9 Å². The van der Waals surface area contributed by atoms with Crippen molar-refractivity contribution < 1.29 is 9.47 Å². The lowest BCUT2D eigenvalue weighted by Crippen LogP contribution is -2.03. The minimum absolute atomic E-state index is 0.395. The van der Waals surface area contributed by atoms with Crippen LogP contribution in [0.5, 0.6) is 5.88 Å². The average molecular weight is 192 g/mol. The molecule has 1 aromatic rings. The van der Waals surface area contributed by atoms with Gasteiger partial charge in [0, 0.05) is 26.3 Å². The molecule has 0 aliphatic rings. The summed E-state index contributed by atoms with van der Waals surface area (Å²) >= 11 is 0. The molecule has 0 aliphatic carbocycles. The SMILES string of the molecule is COCCCOc1ncccc1C#N. The van der Waals surface area contributed by atoms with Crippen LogP contribution >= 0.6 is 0 Å². The molecule has 14 heavy (non-hydrogen) atoms. The highest BCUT2D eigenvalue weighted by atomic mass is 16.5. The Labute approximate surface area is 83.1 Å². The van der Waals surface area contributed by atoms with E-state index < -0.39 is 0 Å². The van der Waals surface area contributed by atoms with Crippen LogP contribution in [0.15, 0.2) is 18.3 Å². The van der Waals surface area contributed by atoms with Gasteiger partial charge in [-0.1, -0.05) is 0 Å². The predicted molar refractivity (Wildman–Crippen MR) is 50.9 cm³/mol. The van der Waals surface area contributed by atoms with Gasteiger partial charge in [-0.25, -0.2) is 4.98 Å². The molecule has 0 saturated carbocycles. The van der Waals surface area contributed by atoms with Gasteiger partial charge in [-0.15, -0.1) is 0 Å². The van der Waals surface area contributed by atoms with Gasteiger partial charge >= 0.3 is 0 Å². The number of hydrogen-bond acceptors (Lipinski definition) is 4. The van der Waals surface area contributed by atoms with Crippen LogP contribution in [0.3, 0.4) is 0 Å². The van der Waals surface area contributed by atoms with E-state index in [4.69, 9.17) is 14.7 Å². The zero-order chi connectivity index (χ0) is 10.2. The molecule has 0 atom stereocenters. The monoisotopic (exact) mass is 192 g/mol. The van der Waals surface area contributed by atoms with Crippen LogP contribution < -0.4 is 4.74 Å². The zero-order valence-corrected chi connectivity index (χ0v) is 8.06. The second-order valence-electron chi connectivity index (χ2n) is 2.66. The third-order valence-corrected chi connectivity index (χ3v) is 1.62. The van der Waals surface area contributed by atoms with Crippen LogP contribution in [0.1, 0.15) is 12.0 Å². The number of nitriles is 1. The van der Waals surface area contributed by atoms with Gasteiger partial charge in [0.1, 0.15) is 11.6 Å². The molecular weight excluding hydrogens is 180 g/mol. The minimum atomic E-state index is 0.395. The first-order valence-corrected chi connectivity index (χ1v) is 4.35. The Bertz CT molecular complexity index is 320. The number of aromatic nitrogens is 1. The minimum Gasteiger partial charge on any atom is -0.477 e. The summed E-state index contributed by atoms with van der Waals surface area (Å²) in [6.45, 7) is 1.16. The number of pyridine rings is 1. The van der Waals surface area contributed by atoms with Gasteiger partial charge in [-0.05, 0) is 12.1 Å². The molecule has 0 bridgehead atoms. The van der Waals surface area contributed by atoms with Crippen LogP contribution in [0.2, 0.25) is 0 Å². The van der Waals surface area contributed by atoms with E-state index in [1.165, 1.54) is 0 Å². The zero-order valence-electron chi connectivity index (χ0n) is 8.06. The maximum atomic E-state index is 8.73. The second-order valence-corrected chi connectivity index (χ2v) is 2.66. The van der Waals surface area contributed by atoms with Gasteiger partial charge in [0.2, 0.25) is 5.88 Å². The fourth-order valence-corrected chi connectivity index (χ4v) is 0.963. The van der Waals surface area contributed by atoms with Crippen LogP contribution in [0, 0.1) is 11.3 Å². The van der Waals surface area contributed by atoms with Crippen LogP contribution in [-0.2, 0) is 4.74 Å². The van der Waals surface area contributed by atoms with Gasteiger partial charge in [-0.2, -0.15) is 5.26 Å². The summed E-state index contributed by atoms with van der Waals surface area (Å²) in [5, 5.41) is 8.73. The van der Waals surface area contributed by atoms with Gasteiger partial charge in [-0.3, -0.25) is 0 Å². The first-order valence-electron chi connectivity index (χ1n) is 4.35. The van der Waals surface area contributed by atoms with Gasteiger partial charge in [0.05, 0.1) is 6.61 Å². The lowest BCUT2D eigenvalue weighted by atomic mass is 10.3. The Morgan fingerprint density at radius 3 is 3.07 bits per heavy atom. The summed E-state index contributed by atoms with van der Waals surface area (Å²) in [5.41, 5.74) is 0.463. The Kier molecular flexibility index (Phi) is 4.45. The quantitative estimate of drug-likeness (QED) is 0.661. The third-order valence-electron chi connectivity index (χ3n) is 1.62. The summed E-state index contributed by atoms with van der Waals surface area (Å²) in [6.07, 6.45) is 2.39. The Balaban J connectivity index is 2.46. The highest BCUT2D eigenvalue weighted by Gasteiger charge is 2.02. The van der Waals surface area contributed by atoms with Crippen LogP contribution in [-0.4, -0.2) is 25.3 Å². The number of methoxy groups -OCH3 is 1. The molecule has 0 unspecified atom stereocenters. The fraction of sp³-hybridized carbons (Fsp3) is 0.400. The highest BCUT2D eigenvalue weighted by molar-refractivity contribution is 5.36. The van der Waals surface area contributed by atoms with Gasteiger partial charge < -0.3 is 9.47 Å². The van der Waals surface area contributed by atoms with Crippen LogP contribution in [0.25, 0.3) is 0 Å². The smallest absolute Gasteiger partial charge is 0.231 e. The Morgan fingerprint density at radius 1 is 1.50 bits per heavy atom. The molecule has 0 radical (unpaired) electrons. The van der Waals surface area contributed by atoms with Crippen molar-refractivity contribution in [1.82, 2.24) is 4.98 Å². The van der Waals surface area contributed by atoms with Crippen molar-refractivity contribution in [2.75, 3.05) is 20.3 Å². The molecule has 0 amide bonds. The molecule has 0 aromatic carbocycles. The number of nitrogens with zero attached hydrogens (tertiary/aromatic N) is 2. The molecule has 1 heterocycles. The van der Waals surface area contributed by atoms with E-state index >= 15 is 0 Å². The molecular formula is C10H12N2O2. The Morgan fingerprint density at radius 2 is 2.36 bits per heavy atom. The lowest BCUT2D eigenvalue weighted by molar-refractivity contribution is 0.170. The first-order chi connectivity index (χ1) is 6.88. The molecule has 0 N–H and O–H groups in total. The molecule has 4 heteroatoms. The highest BCUT2D eigenvalue weighted by Crippen LogP contribution is 2.12. The standard InChI is InChI=1S/C10H12N2O2/c1-13-6-3-7-14-10-9(8-11)4-2-5-12-10/h2,4-5H,3,6-7H2,1H3. The van der Waals surface area contributed by atoms with Crippen molar-refractivity contribution in [2.45, 2.75) is 6.42 Å². The maximum absolute atomic E-state index is 8.73. The van der Waals surface area contributed by atoms with Crippen molar-refractivity contribution in [3.63, 3.8) is 0 Å². The summed E-state index contributed by atoms with van der Waals surface area (Å²) in [6, 6.07) is 5.41. The number of hydrogen-bond donors (Lipinski definition) is 0. The molecule has 74 valence electrons. The second kappa shape index (κ2) is 5.95. The van der Waals surface area contributed by atoms with E-state index in [1.54, 1.807) is 25.4 Å². The molecule has 4 nitrogen and oxygen atoms in total. The first kappa shape index (κ1) is 10.5. The summed E-state index contributed by atoms with van der Waals surface area (Å²) < 4.78 is 10.2. The molecule has 1 aromatic heterocycles. The maximum Gasteiger partial charge on any atom is 0.231 e. The molecule has 0 spiro atoms. The van der Waals surface area contributed by atoms with Gasteiger partial charge in [0.15, 0.2) is 0 Å². The molecule has 0 fully saturated rings. The third kappa shape index (κ3) is 3.04. The van der Waals surface area contributed by atoms with E-state index in [0.717, 1.165) is 6.42 Å². The van der Waals surface area contributed by atoms with E-state index in [-0.39, 0.29) is 0 Å². The van der Waals surface area contributed by atoms with Crippen molar-refractivity contribution in [2.24, 2.45) is 0 Å². The predicted octanol–water partition coefficient (Wildman–Crippen LogP) is 1.37. The molecule has 0 saturated heterocycles. The Hall–Kier alpha value is -1.60. The lowest BCUT2D eigenvalue weighted by Gasteiger charge is -2.05. The largest absolute Gasteiger partial charge is 0.477 e. The van der Waals surface area contributed by atoms with E-state index in [1.807, 2.05) is 6.07 Å². The summed E-state index contributed by atoms with van der Waals surface area (Å²) in [7, 11) is 1.64. The summed E-state index contributed by atoms with van der Waals surface area (Å²) in [4.78, 5) is 3.96. The van der Waals surface area contributed by atoms with E-state index in [2.05, 4.69) is 4.98 Å². The number of rotatable bonds is 5. The summed E-state index contributed by atoms with van der Waals surface area (Å²) in [5.74, 6) is 0.395. The molecule has 1 rings (SSSR count). The van der Waals surface area contributed by atoms with Gasteiger partial charge in [0.25, 0.3) is 0 Å². The average Bonchev–Trinajstić information content (AvgIpc) is 2.25. The fourth-order valence-electron chi connectivity index (χ4n) is 0.963. The van der Waals surface area contributed by atoms with Crippen molar-refractivity contribution in [3.8, 4) is 11.9 Å².